The van der Waals surface area contributed by atoms with Crippen molar-refractivity contribution in [1.82, 2.24) is 15.1 Å². The van der Waals surface area contributed by atoms with Gasteiger partial charge in [0.15, 0.2) is 0 Å². The number of nitrogens with two attached hydrogens (primary N) is 1. The van der Waals surface area contributed by atoms with Crippen molar-refractivity contribution in [2.75, 3.05) is 18.8 Å². The first-order chi connectivity index (χ1) is 9.91. The van der Waals surface area contributed by atoms with E-state index in [1.54, 1.807) is 11.0 Å². The summed E-state index contributed by atoms with van der Waals surface area (Å²) in [5, 5.41) is 7.92. The van der Waals surface area contributed by atoms with Gasteiger partial charge in [0.05, 0.1) is 5.69 Å². The standard InChI is InChI=1S/C15H22N4O2/c1-4-15(2,3)21-14(20)19-9-7-11(8-10-19)12-5-6-13(16)18-17-12/h5-7H,4,8-10H2,1-3H3,(H2,16,18). The van der Waals surface area contributed by atoms with Crippen LogP contribution in [0.3, 0.4) is 0 Å². The lowest BCUT2D eigenvalue weighted by molar-refractivity contribution is 0.0132. The van der Waals surface area contributed by atoms with E-state index >= 15 is 0 Å². The van der Waals surface area contributed by atoms with Crippen molar-refractivity contribution in [3.05, 3.63) is 23.9 Å². The summed E-state index contributed by atoms with van der Waals surface area (Å²) in [5.41, 5.74) is 7.00. The third-order valence-electron chi connectivity index (χ3n) is 3.70. The second kappa shape index (κ2) is 6.11. The first-order valence-electron chi connectivity index (χ1n) is 7.18. The fraction of sp³-hybridized carbons (Fsp3) is 0.533. The summed E-state index contributed by atoms with van der Waals surface area (Å²) in [6, 6.07) is 3.58. The van der Waals surface area contributed by atoms with Crippen molar-refractivity contribution in [2.45, 2.75) is 39.2 Å². The topological polar surface area (TPSA) is 81.3 Å². The van der Waals surface area contributed by atoms with Gasteiger partial charge in [0, 0.05) is 13.1 Å². The average Bonchev–Trinajstić information content (AvgIpc) is 2.48. The molecule has 1 aliphatic rings. The quantitative estimate of drug-likeness (QED) is 0.924. The van der Waals surface area contributed by atoms with Gasteiger partial charge in [0.2, 0.25) is 0 Å². The molecule has 1 aromatic heterocycles. The zero-order valence-electron chi connectivity index (χ0n) is 12.8. The molecule has 0 saturated heterocycles. The lowest BCUT2D eigenvalue weighted by atomic mass is 10.0. The van der Waals surface area contributed by atoms with Gasteiger partial charge in [-0.3, -0.25) is 0 Å². The summed E-state index contributed by atoms with van der Waals surface area (Å²) in [7, 11) is 0. The van der Waals surface area contributed by atoms with E-state index in [9.17, 15) is 4.79 Å². The number of hydrogen-bond acceptors (Lipinski definition) is 5. The van der Waals surface area contributed by atoms with Gasteiger partial charge in [-0.25, -0.2) is 4.79 Å². The van der Waals surface area contributed by atoms with Gasteiger partial charge in [-0.05, 0) is 44.4 Å². The predicted octanol–water partition coefficient (Wildman–Crippen LogP) is 2.47. The van der Waals surface area contributed by atoms with E-state index in [0.717, 1.165) is 24.1 Å². The molecule has 0 bridgehead atoms. The number of carbonyl (C=O) groups excluding carboxylic acids is 1. The molecule has 0 aliphatic carbocycles. The molecule has 0 fully saturated rings. The summed E-state index contributed by atoms with van der Waals surface area (Å²) in [4.78, 5) is 13.8. The normalized spacial score (nSPS) is 15.6. The SMILES string of the molecule is CCC(C)(C)OC(=O)N1CC=C(c2ccc(N)nn2)CC1. The second-order valence-electron chi connectivity index (χ2n) is 5.75. The molecule has 114 valence electrons. The summed E-state index contributed by atoms with van der Waals surface area (Å²) in [5.74, 6) is 0.405. The number of anilines is 1. The number of ether oxygens (including phenoxy) is 1. The van der Waals surface area contributed by atoms with E-state index in [1.165, 1.54) is 0 Å². The van der Waals surface area contributed by atoms with Crippen LogP contribution < -0.4 is 5.73 Å². The monoisotopic (exact) mass is 290 g/mol. The Morgan fingerprint density at radius 3 is 2.71 bits per heavy atom. The maximum atomic E-state index is 12.1. The van der Waals surface area contributed by atoms with Crippen molar-refractivity contribution in [3.63, 3.8) is 0 Å². The Morgan fingerprint density at radius 2 is 2.19 bits per heavy atom. The molecule has 21 heavy (non-hydrogen) atoms. The van der Waals surface area contributed by atoms with E-state index in [2.05, 4.69) is 10.2 Å². The molecule has 2 heterocycles. The van der Waals surface area contributed by atoms with Crippen molar-refractivity contribution in [2.24, 2.45) is 0 Å². The van der Waals surface area contributed by atoms with Crippen LogP contribution in [0.15, 0.2) is 18.2 Å². The number of nitrogens with zero attached hydrogens (tertiary/aromatic N) is 3. The summed E-state index contributed by atoms with van der Waals surface area (Å²) >= 11 is 0. The van der Waals surface area contributed by atoms with Gasteiger partial charge in [-0.1, -0.05) is 13.0 Å². The zero-order valence-corrected chi connectivity index (χ0v) is 12.8. The number of rotatable bonds is 3. The van der Waals surface area contributed by atoms with Gasteiger partial charge in [-0.2, -0.15) is 0 Å². The van der Waals surface area contributed by atoms with Crippen molar-refractivity contribution >= 4 is 17.5 Å². The molecule has 0 saturated carbocycles. The van der Waals surface area contributed by atoms with Crippen LogP contribution in [0.2, 0.25) is 0 Å². The number of hydrogen-bond donors (Lipinski definition) is 1. The highest BCUT2D eigenvalue weighted by Crippen LogP contribution is 2.22. The van der Waals surface area contributed by atoms with Crippen molar-refractivity contribution in [1.29, 1.82) is 0 Å². The minimum atomic E-state index is -0.427. The number of nitrogen functional groups attached to an aromatic ring is 1. The van der Waals surface area contributed by atoms with E-state index < -0.39 is 5.60 Å². The summed E-state index contributed by atoms with van der Waals surface area (Å²) in [6.07, 6.45) is 3.25. The van der Waals surface area contributed by atoms with E-state index in [-0.39, 0.29) is 6.09 Å². The minimum Gasteiger partial charge on any atom is -0.443 e. The van der Waals surface area contributed by atoms with Gasteiger partial charge in [0.1, 0.15) is 11.4 Å². The molecule has 2 N–H and O–H groups in total. The van der Waals surface area contributed by atoms with Crippen LogP contribution in [0, 0.1) is 0 Å². The summed E-state index contributed by atoms with van der Waals surface area (Å²) in [6.45, 7) is 6.98. The second-order valence-corrected chi connectivity index (χ2v) is 5.75. The zero-order chi connectivity index (χ0) is 15.5. The summed E-state index contributed by atoms with van der Waals surface area (Å²) < 4.78 is 5.50. The van der Waals surface area contributed by atoms with Crippen LogP contribution in [0.1, 0.15) is 39.3 Å². The third-order valence-corrected chi connectivity index (χ3v) is 3.70. The Bertz CT molecular complexity index is 537. The Hall–Kier alpha value is -2.11. The number of carbonyl (C=O) groups is 1. The van der Waals surface area contributed by atoms with Crippen LogP contribution in [0.5, 0.6) is 0 Å². The number of amides is 1. The smallest absolute Gasteiger partial charge is 0.410 e. The Balaban J connectivity index is 1.98. The van der Waals surface area contributed by atoms with Crippen LogP contribution in [-0.4, -0.2) is 39.9 Å². The molecule has 6 nitrogen and oxygen atoms in total. The third kappa shape index (κ3) is 3.93. The molecule has 0 aromatic carbocycles. The van der Waals surface area contributed by atoms with Crippen molar-refractivity contribution in [3.8, 4) is 0 Å². The highest BCUT2D eigenvalue weighted by atomic mass is 16.6. The molecular formula is C15H22N4O2. The lowest BCUT2D eigenvalue weighted by Crippen LogP contribution is -2.40. The fourth-order valence-corrected chi connectivity index (χ4v) is 1.95. The highest BCUT2D eigenvalue weighted by molar-refractivity contribution is 5.71. The molecule has 1 amide bonds. The van der Waals surface area contributed by atoms with Crippen molar-refractivity contribution < 1.29 is 9.53 Å². The molecule has 6 heteroatoms. The van der Waals surface area contributed by atoms with Gasteiger partial charge >= 0.3 is 6.09 Å². The Kier molecular flexibility index (Phi) is 4.45. The maximum absolute atomic E-state index is 12.1. The van der Waals surface area contributed by atoms with Gasteiger partial charge in [0.25, 0.3) is 0 Å². The molecule has 0 radical (unpaired) electrons. The number of aromatic nitrogens is 2. The molecule has 2 rings (SSSR count). The Morgan fingerprint density at radius 1 is 1.43 bits per heavy atom. The molecule has 1 aliphatic heterocycles. The van der Waals surface area contributed by atoms with E-state index in [1.807, 2.05) is 32.9 Å². The molecule has 0 spiro atoms. The molecular weight excluding hydrogens is 268 g/mol. The largest absolute Gasteiger partial charge is 0.443 e. The average molecular weight is 290 g/mol. The Labute approximate surface area is 125 Å². The van der Waals surface area contributed by atoms with Gasteiger partial charge < -0.3 is 15.4 Å². The fourth-order valence-electron chi connectivity index (χ4n) is 1.95. The first kappa shape index (κ1) is 15.3. The molecule has 0 atom stereocenters. The molecule has 0 unspecified atom stereocenters. The lowest BCUT2D eigenvalue weighted by Gasteiger charge is -2.30. The minimum absolute atomic E-state index is 0.263. The maximum Gasteiger partial charge on any atom is 0.410 e. The van der Waals surface area contributed by atoms with Crippen LogP contribution in [0.4, 0.5) is 10.6 Å². The van der Waals surface area contributed by atoms with E-state index in [4.69, 9.17) is 10.5 Å². The highest BCUT2D eigenvalue weighted by Gasteiger charge is 2.26. The van der Waals surface area contributed by atoms with Crippen LogP contribution in [0.25, 0.3) is 5.57 Å². The predicted molar refractivity (Wildman–Crippen MR) is 81.5 cm³/mol. The first-order valence-corrected chi connectivity index (χ1v) is 7.18. The van der Waals surface area contributed by atoms with Gasteiger partial charge in [-0.15, -0.1) is 10.2 Å². The van der Waals surface area contributed by atoms with Crippen LogP contribution >= 0.6 is 0 Å². The molecule has 1 aromatic rings. The van der Waals surface area contributed by atoms with Crippen LogP contribution in [-0.2, 0) is 4.74 Å². The van der Waals surface area contributed by atoms with E-state index in [0.29, 0.717) is 18.9 Å².